The minimum Gasteiger partial charge on any atom is -0.462 e. The van der Waals surface area contributed by atoms with Gasteiger partial charge in [-0.1, -0.05) is 118 Å². The molecule has 0 amide bonds. The van der Waals surface area contributed by atoms with Crippen molar-refractivity contribution in [2.75, 3.05) is 5.33 Å². The van der Waals surface area contributed by atoms with Crippen LogP contribution in [0.5, 0.6) is 0 Å². The largest absolute Gasteiger partial charge is 0.462 e. The smallest absolute Gasteiger partial charge is 0.306 e. The molecular formula is C38H69BrO2. The van der Waals surface area contributed by atoms with Crippen LogP contribution in [0.15, 0.2) is 36.5 Å². The Kier molecular flexibility index (Phi) is 33.0. The number of carbonyl (C=O) groups is 1. The molecule has 41 heavy (non-hydrogen) atoms. The molecule has 1 atom stereocenters. The number of carbonyl (C=O) groups excluding carboxylic acids is 1. The summed E-state index contributed by atoms with van der Waals surface area (Å²) in [5.41, 5.74) is 0. The van der Waals surface area contributed by atoms with Crippen LogP contribution >= 0.6 is 15.9 Å². The van der Waals surface area contributed by atoms with Crippen LogP contribution < -0.4 is 0 Å². The van der Waals surface area contributed by atoms with Gasteiger partial charge in [0.2, 0.25) is 0 Å². The number of alkyl halides is 1. The van der Waals surface area contributed by atoms with Gasteiger partial charge < -0.3 is 4.74 Å². The SMILES string of the molecule is CCCCC/C=C\CCCC(CCC/C=C\CCCCC)C(CCC/C=C\CCCCC)OC(=O)CCCCCBr. The molecule has 1 unspecified atom stereocenters. The van der Waals surface area contributed by atoms with Crippen molar-refractivity contribution < 1.29 is 9.53 Å². The maximum absolute atomic E-state index is 12.9. The van der Waals surface area contributed by atoms with Crippen LogP contribution in [0.4, 0.5) is 0 Å². The third-order valence-electron chi connectivity index (χ3n) is 8.00. The highest BCUT2D eigenvalue weighted by Crippen LogP contribution is 2.27. The molecule has 0 aromatic rings. The zero-order valence-electron chi connectivity index (χ0n) is 27.7. The zero-order chi connectivity index (χ0) is 30.1. The van der Waals surface area contributed by atoms with Crippen LogP contribution in [-0.4, -0.2) is 17.4 Å². The predicted molar refractivity (Wildman–Crippen MR) is 187 cm³/mol. The number of unbranched alkanes of at least 4 members (excludes halogenated alkanes) is 14. The lowest BCUT2D eigenvalue weighted by Gasteiger charge is -2.27. The first-order chi connectivity index (χ1) is 20.2. The van der Waals surface area contributed by atoms with Crippen molar-refractivity contribution in [3.8, 4) is 0 Å². The first-order valence-corrected chi connectivity index (χ1v) is 19.0. The molecule has 0 saturated carbocycles. The summed E-state index contributed by atoms with van der Waals surface area (Å²) in [6.45, 7) is 6.79. The Labute approximate surface area is 265 Å². The Morgan fingerprint density at radius 3 is 1.37 bits per heavy atom. The lowest BCUT2D eigenvalue weighted by molar-refractivity contribution is -0.153. The highest BCUT2D eigenvalue weighted by atomic mass is 79.9. The van der Waals surface area contributed by atoms with Crippen molar-refractivity contribution in [1.29, 1.82) is 0 Å². The van der Waals surface area contributed by atoms with E-state index in [1.807, 2.05) is 0 Å². The summed E-state index contributed by atoms with van der Waals surface area (Å²) in [7, 11) is 0. The molecule has 0 aliphatic heterocycles. The van der Waals surface area contributed by atoms with Crippen molar-refractivity contribution in [1.82, 2.24) is 0 Å². The van der Waals surface area contributed by atoms with Gasteiger partial charge in [-0.25, -0.2) is 0 Å². The maximum Gasteiger partial charge on any atom is 0.306 e. The summed E-state index contributed by atoms with van der Waals surface area (Å²) in [5.74, 6) is 0.494. The van der Waals surface area contributed by atoms with Crippen LogP contribution in [0.25, 0.3) is 0 Å². The highest BCUT2D eigenvalue weighted by molar-refractivity contribution is 9.09. The molecule has 0 aliphatic rings. The summed E-state index contributed by atoms with van der Waals surface area (Å²) in [6, 6.07) is 0. The average Bonchev–Trinajstić information content (AvgIpc) is 2.97. The summed E-state index contributed by atoms with van der Waals surface area (Å²) < 4.78 is 6.29. The summed E-state index contributed by atoms with van der Waals surface area (Å²) in [4.78, 5) is 12.9. The van der Waals surface area contributed by atoms with E-state index in [0.717, 1.165) is 69.5 Å². The molecule has 0 N–H and O–H groups in total. The Morgan fingerprint density at radius 2 is 0.951 bits per heavy atom. The molecular weight excluding hydrogens is 568 g/mol. The van der Waals surface area contributed by atoms with Gasteiger partial charge >= 0.3 is 5.97 Å². The van der Waals surface area contributed by atoms with Crippen LogP contribution in [0, 0.1) is 5.92 Å². The van der Waals surface area contributed by atoms with Crippen molar-refractivity contribution in [3.05, 3.63) is 36.5 Å². The molecule has 0 bridgehead atoms. The van der Waals surface area contributed by atoms with E-state index < -0.39 is 0 Å². The Balaban J connectivity index is 5.09. The second kappa shape index (κ2) is 33.7. The third kappa shape index (κ3) is 29.0. The van der Waals surface area contributed by atoms with Crippen molar-refractivity contribution in [2.45, 2.75) is 187 Å². The molecule has 0 saturated heterocycles. The Hall–Kier alpha value is -0.830. The number of rotatable bonds is 31. The molecule has 0 aromatic carbocycles. The van der Waals surface area contributed by atoms with E-state index >= 15 is 0 Å². The van der Waals surface area contributed by atoms with E-state index in [-0.39, 0.29) is 12.1 Å². The van der Waals surface area contributed by atoms with E-state index in [0.29, 0.717) is 12.3 Å². The molecule has 240 valence electrons. The number of allylic oxidation sites excluding steroid dienone is 6. The molecule has 0 radical (unpaired) electrons. The average molecular weight is 638 g/mol. The lowest BCUT2D eigenvalue weighted by atomic mass is 9.87. The highest BCUT2D eigenvalue weighted by Gasteiger charge is 2.24. The topological polar surface area (TPSA) is 26.3 Å². The van der Waals surface area contributed by atoms with Crippen molar-refractivity contribution in [3.63, 3.8) is 0 Å². The fourth-order valence-electron chi connectivity index (χ4n) is 5.35. The van der Waals surface area contributed by atoms with Gasteiger partial charge in [0.1, 0.15) is 6.10 Å². The number of hydrogen-bond donors (Lipinski definition) is 0. The second-order valence-corrected chi connectivity index (χ2v) is 12.8. The van der Waals surface area contributed by atoms with Crippen LogP contribution in [-0.2, 0) is 9.53 Å². The van der Waals surface area contributed by atoms with Gasteiger partial charge in [-0.05, 0) is 115 Å². The predicted octanol–water partition coefficient (Wildman–Crippen LogP) is 13.4. The first-order valence-electron chi connectivity index (χ1n) is 17.9. The zero-order valence-corrected chi connectivity index (χ0v) is 29.3. The standard InChI is InChI=1S/C38H69BrO2/c1-4-7-10-13-16-19-22-26-31-36(32-27-23-20-17-14-11-8-5-2)37(41-38(40)34-29-25-30-35-39)33-28-24-21-18-15-12-9-6-3/h16-21,36-37H,4-15,22-35H2,1-3H3/b19-16-,20-17-,21-18-. The molecule has 0 spiro atoms. The molecule has 3 heteroatoms. The summed E-state index contributed by atoms with van der Waals surface area (Å²) >= 11 is 3.50. The maximum atomic E-state index is 12.9. The third-order valence-corrected chi connectivity index (χ3v) is 8.56. The lowest BCUT2D eigenvalue weighted by Crippen LogP contribution is -2.27. The van der Waals surface area contributed by atoms with Crippen LogP contribution in [0.1, 0.15) is 181 Å². The Morgan fingerprint density at radius 1 is 0.537 bits per heavy atom. The van der Waals surface area contributed by atoms with Gasteiger partial charge in [-0.2, -0.15) is 0 Å². The number of halogens is 1. The van der Waals surface area contributed by atoms with Gasteiger partial charge in [0, 0.05) is 11.8 Å². The molecule has 0 rings (SSSR count). The van der Waals surface area contributed by atoms with E-state index in [9.17, 15) is 4.79 Å². The number of hydrogen-bond acceptors (Lipinski definition) is 2. The van der Waals surface area contributed by atoms with Gasteiger partial charge in [0.05, 0.1) is 0 Å². The fourth-order valence-corrected chi connectivity index (χ4v) is 5.75. The monoisotopic (exact) mass is 636 g/mol. The van der Waals surface area contributed by atoms with Gasteiger partial charge in [-0.15, -0.1) is 0 Å². The normalized spacial score (nSPS) is 12.9. The van der Waals surface area contributed by atoms with E-state index in [1.54, 1.807) is 0 Å². The molecule has 2 nitrogen and oxygen atoms in total. The van der Waals surface area contributed by atoms with Gasteiger partial charge in [0.15, 0.2) is 0 Å². The minimum absolute atomic E-state index is 0.0244. The van der Waals surface area contributed by atoms with Gasteiger partial charge in [-0.3, -0.25) is 4.79 Å². The van der Waals surface area contributed by atoms with Crippen molar-refractivity contribution >= 4 is 21.9 Å². The number of ether oxygens (including phenoxy) is 1. The van der Waals surface area contributed by atoms with E-state index in [2.05, 4.69) is 73.2 Å². The first kappa shape index (κ1) is 40.2. The Bertz CT molecular complexity index is 598. The van der Waals surface area contributed by atoms with Crippen LogP contribution in [0.3, 0.4) is 0 Å². The molecule has 0 fully saturated rings. The summed E-state index contributed by atoms with van der Waals surface area (Å²) in [6.07, 6.45) is 43.6. The van der Waals surface area contributed by atoms with Crippen molar-refractivity contribution in [2.24, 2.45) is 5.92 Å². The quantitative estimate of drug-likeness (QED) is 0.0327. The molecule has 0 heterocycles. The fraction of sp³-hybridized carbons (Fsp3) is 0.816. The van der Waals surface area contributed by atoms with Crippen LogP contribution in [0.2, 0.25) is 0 Å². The van der Waals surface area contributed by atoms with E-state index in [1.165, 1.54) is 89.9 Å². The minimum atomic E-state index is 0.0244. The van der Waals surface area contributed by atoms with Gasteiger partial charge in [0.25, 0.3) is 0 Å². The summed E-state index contributed by atoms with van der Waals surface area (Å²) in [5, 5.41) is 1.01. The second-order valence-electron chi connectivity index (χ2n) is 12.0. The van der Waals surface area contributed by atoms with E-state index in [4.69, 9.17) is 4.74 Å². The number of esters is 1. The molecule has 0 aliphatic carbocycles. The molecule has 0 aromatic heterocycles.